The van der Waals surface area contributed by atoms with Crippen LogP contribution in [0.25, 0.3) is 22.2 Å². The highest BCUT2D eigenvalue weighted by atomic mass is 16.3. The number of para-hydroxylation sites is 1. The van der Waals surface area contributed by atoms with Gasteiger partial charge in [0.25, 0.3) is 0 Å². The van der Waals surface area contributed by atoms with Crippen molar-refractivity contribution in [1.82, 2.24) is 9.55 Å². The van der Waals surface area contributed by atoms with E-state index in [1.807, 2.05) is 25.2 Å². The molecule has 3 nitrogen and oxygen atoms in total. The van der Waals surface area contributed by atoms with Crippen LogP contribution in [0.5, 0.6) is 0 Å². The van der Waals surface area contributed by atoms with Gasteiger partial charge >= 0.3 is 0 Å². The fourth-order valence-electron chi connectivity index (χ4n) is 2.34. The number of rotatable bonds is 2. The molecule has 0 aliphatic heterocycles. The van der Waals surface area contributed by atoms with Gasteiger partial charge in [0.1, 0.15) is 0 Å². The summed E-state index contributed by atoms with van der Waals surface area (Å²) in [5, 5.41) is 10.6. The van der Waals surface area contributed by atoms with E-state index in [-0.39, 0.29) is 6.61 Å². The molecule has 0 atom stereocenters. The maximum Gasteiger partial charge on any atom is 0.0689 e. The van der Waals surface area contributed by atoms with Crippen LogP contribution in [0.1, 0.15) is 5.56 Å². The fourth-order valence-corrected chi connectivity index (χ4v) is 2.34. The maximum atomic E-state index is 9.41. The van der Waals surface area contributed by atoms with E-state index in [9.17, 15) is 5.11 Å². The zero-order valence-corrected chi connectivity index (χ0v) is 10.2. The molecule has 0 unspecified atom stereocenters. The van der Waals surface area contributed by atoms with Gasteiger partial charge in [-0.05, 0) is 23.8 Å². The van der Waals surface area contributed by atoms with Crippen LogP contribution >= 0.6 is 0 Å². The normalized spacial score (nSPS) is 11.0. The van der Waals surface area contributed by atoms with Crippen LogP contribution < -0.4 is 0 Å². The van der Waals surface area contributed by atoms with Gasteiger partial charge in [0.05, 0.1) is 12.3 Å². The lowest BCUT2D eigenvalue weighted by atomic mass is 10.1. The first kappa shape index (κ1) is 11.0. The molecule has 1 N–H and O–H groups in total. The molecule has 3 aromatic rings. The van der Waals surface area contributed by atoms with Gasteiger partial charge in [-0.1, -0.05) is 18.2 Å². The van der Waals surface area contributed by atoms with Crippen molar-refractivity contribution in [3.63, 3.8) is 0 Å². The third kappa shape index (κ3) is 1.60. The second kappa shape index (κ2) is 4.27. The van der Waals surface area contributed by atoms with E-state index < -0.39 is 0 Å². The number of aliphatic hydroxyl groups excluding tert-OH is 1. The number of benzene rings is 1. The molecule has 0 saturated heterocycles. The minimum atomic E-state index is 0.0272. The Kier molecular flexibility index (Phi) is 2.61. The number of aliphatic hydroxyl groups is 1. The fraction of sp³-hybridized carbons (Fsp3) is 0.133. The standard InChI is InChI=1S/C15H14N2O/c1-17-14-5-3-2-4-11(14)8-15(17)13-9-16-7-6-12(13)10-18/h2-9,18H,10H2,1H3. The molecule has 0 fully saturated rings. The first-order valence-corrected chi connectivity index (χ1v) is 5.90. The molecule has 1 aromatic carbocycles. The average molecular weight is 238 g/mol. The SMILES string of the molecule is Cn1c(-c2cnccc2CO)cc2ccccc21. The zero-order chi connectivity index (χ0) is 12.5. The molecule has 0 aliphatic rings. The first-order chi connectivity index (χ1) is 8.81. The Hall–Kier alpha value is -2.13. The second-order valence-corrected chi connectivity index (χ2v) is 4.34. The Labute approximate surface area is 105 Å². The van der Waals surface area contributed by atoms with Crippen LogP contribution in [0.2, 0.25) is 0 Å². The van der Waals surface area contributed by atoms with Gasteiger partial charge in [0.15, 0.2) is 0 Å². The molecule has 0 spiro atoms. The molecule has 0 bridgehead atoms. The van der Waals surface area contributed by atoms with Crippen LogP contribution in [0.15, 0.2) is 48.8 Å². The average Bonchev–Trinajstić information content (AvgIpc) is 2.76. The zero-order valence-electron chi connectivity index (χ0n) is 10.2. The quantitative estimate of drug-likeness (QED) is 0.745. The van der Waals surface area contributed by atoms with E-state index in [0.717, 1.165) is 16.8 Å². The molecule has 2 heterocycles. The highest BCUT2D eigenvalue weighted by Crippen LogP contribution is 2.28. The molecule has 0 saturated carbocycles. The number of hydrogen-bond acceptors (Lipinski definition) is 2. The predicted molar refractivity (Wildman–Crippen MR) is 72.1 cm³/mol. The van der Waals surface area contributed by atoms with E-state index in [1.165, 1.54) is 10.9 Å². The summed E-state index contributed by atoms with van der Waals surface area (Å²) < 4.78 is 2.13. The number of nitrogens with zero attached hydrogens (tertiary/aromatic N) is 2. The molecule has 0 amide bonds. The highest BCUT2D eigenvalue weighted by Gasteiger charge is 2.10. The summed E-state index contributed by atoms with van der Waals surface area (Å²) >= 11 is 0. The van der Waals surface area contributed by atoms with Crippen molar-refractivity contribution in [3.8, 4) is 11.3 Å². The van der Waals surface area contributed by atoms with Gasteiger partial charge in [-0.2, -0.15) is 0 Å². The number of aryl methyl sites for hydroxylation is 1. The highest BCUT2D eigenvalue weighted by molar-refractivity contribution is 5.87. The monoisotopic (exact) mass is 238 g/mol. The van der Waals surface area contributed by atoms with Crippen molar-refractivity contribution in [1.29, 1.82) is 0 Å². The smallest absolute Gasteiger partial charge is 0.0689 e. The van der Waals surface area contributed by atoms with Crippen molar-refractivity contribution in [2.75, 3.05) is 0 Å². The van der Waals surface area contributed by atoms with Gasteiger partial charge in [-0.3, -0.25) is 4.98 Å². The van der Waals surface area contributed by atoms with Crippen molar-refractivity contribution >= 4 is 10.9 Å². The van der Waals surface area contributed by atoms with Gasteiger partial charge in [-0.15, -0.1) is 0 Å². The Morgan fingerprint density at radius 2 is 2.06 bits per heavy atom. The largest absolute Gasteiger partial charge is 0.392 e. The molecule has 2 aromatic heterocycles. The summed E-state index contributed by atoms with van der Waals surface area (Å²) in [5.74, 6) is 0. The van der Waals surface area contributed by atoms with Crippen LogP contribution in [0.3, 0.4) is 0 Å². The third-order valence-corrected chi connectivity index (χ3v) is 3.31. The van der Waals surface area contributed by atoms with E-state index >= 15 is 0 Å². The topological polar surface area (TPSA) is 38.0 Å². The Bertz CT molecular complexity index is 701. The van der Waals surface area contributed by atoms with E-state index in [2.05, 4.69) is 27.8 Å². The van der Waals surface area contributed by atoms with Crippen LogP contribution in [-0.4, -0.2) is 14.7 Å². The van der Waals surface area contributed by atoms with Crippen LogP contribution in [0.4, 0.5) is 0 Å². The van der Waals surface area contributed by atoms with Gasteiger partial charge in [-0.25, -0.2) is 0 Å². The molecule has 3 heteroatoms. The molecule has 0 radical (unpaired) electrons. The molecular formula is C15H14N2O. The van der Waals surface area contributed by atoms with Crippen LogP contribution in [0, 0.1) is 0 Å². The molecule has 0 aliphatic carbocycles. The molecular weight excluding hydrogens is 224 g/mol. The summed E-state index contributed by atoms with van der Waals surface area (Å²) in [4.78, 5) is 4.16. The van der Waals surface area contributed by atoms with Crippen molar-refractivity contribution in [2.45, 2.75) is 6.61 Å². The van der Waals surface area contributed by atoms with Gasteiger partial charge < -0.3 is 9.67 Å². The summed E-state index contributed by atoms with van der Waals surface area (Å²) in [6.07, 6.45) is 3.51. The Balaban J connectivity index is 2.28. The molecule has 3 rings (SSSR count). The number of hydrogen-bond donors (Lipinski definition) is 1. The predicted octanol–water partition coefficient (Wildman–Crippen LogP) is 2.73. The minimum Gasteiger partial charge on any atom is -0.392 e. The van der Waals surface area contributed by atoms with Crippen molar-refractivity contribution < 1.29 is 5.11 Å². The lowest BCUT2D eigenvalue weighted by molar-refractivity contribution is 0.282. The maximum absolute atomic E-state index is 9.41. The summed E-state index contributed by atoms with van der Waals surface area (Å²) in [6, 6.07) is 12.2. The minimum absolute atomic E-state index is 0.0272. The number of fused-ring (bicyclic) bond motifs is 1. The van der Waals surface area contributed by atoms with Crippen LogP contribution in [-0.2, 0) is 13.7 Å². The Morgan fingerprint density at radius 3 is 2.83 bits per heavy atom. The van der Waals surface area contributed by atoms with Crippen molar-refractivity contribution in [3.05, 3.63) is 54.4 Å². The molecule has 90 valence electrons. The summed E-state index contributed by atoms with van der Waals surface area (Å²) in [6.45, 7) is 0.0272. The van der Waals surface area contributed by atoms with Gasteiger partial charge in [0, 0.05) is 35.9 Å². The second-order valence-electron chi connectivity index (χ2n) is 4.34. The van der Waals surface area contributed by atoms with E-state index in [0.29, 0.717) is 0 Å². The Morgan fingerprint density at radius 1 is 1.22 bits per heavy atom. The lowest BCUT2D eigenvalue weighted by Gasteiger charge is -2.08. The van der Waals surface area contributed by atoms with Gasteiger partial charge in [0.2, 0.25) is 0 Å². The van der Waals surface area contributed by atoms with E-state index in [4.69, 9.17) is 0 Å². The summed E-state index contributed by atoms with van der Waals surface area (Å²) in [5.41, 5.74) is 4.14. The molecule has 18 heavy (non-hydrogen) atoms. The third-order valence-electron chi connectivity index (χ3n) is 3.31. The van der Waals surface area contributed by atoms with E-state index in [1.54, 1.807) is 12.4 Å². The number of pyridine rings is 1. The lowest BCUT2D eigenvalue weighted by Crippen LogP contribution is -1.96. The summed E-state index contributed by atoms with van der Waals surface area (Å²) in [7, 11) is 2.03. The number of aromatic nitrogens is 2. The first-order valence-electron chi connectivity index (χ1n) is 5.90. The van der Waals surface area contributed by atoms with Crippen molar-refractivity contribution in [2.24, 2.45) is 7.05 Å².